The summed E-state index contributed by atoms with van der Waals surface area (Å²) < 4.78 is 11.1. The van der Waals surface area contributed by atoms with Crippen LogP contribution in [0.3, 0.4) is 0 Å². The Morgan fingerprint density at radius 2 is 0.976 bits per heavy atom. The highest BCUT2D eigenvalue weighted by Crippen LogP contribution is 2.16. The van der Waals surface area contributed by atoms with Gasteiger partial charge in [-0.05, 0) is 114 Å². The minimum atomic E-state index is 0.311. The first kappa shape index (κ1) is 88.4. The van der Waals surface area contributed by atoms with E-state index in [1.54, 1.807) is 33.6 Å². The Morgan fingerprint density at radius 1 is 0.429 bits per heavy atom. The van der Waals surface area contributed by atoms with Gasteiger partial charge in [-0.1, -0.05) is 168 Å². The van der Waals surface area contributed by atoms with Crippen LogP contribution in [0.25, 0.3) is 0 Å². The summed E-state index contributed by atoms with van der Waals surface area (Å²) in [6, 6.07) is 5.21. The van der Waals surface area contributed by atoms with Gasteiger partial charge in [-0.25, -0.2) is 0 Å². The average molecular weight is 1180 g/mol. The number of hydrogen-bond acceptors (Lipinski definition) is 15. The number of aromatic nitrogens is 23. The zero-order valence-electron chi connectivity index (χ0n) is 60.1. The Labute approximate surface area is 511 Å². The molecule has 23 heteroatoms. The SMILES string of the molecule is CC.CC.CC.CC.CC.CC.CC(C)c1ccnn1C.CC(C)c1cnn(C)c1.CC(C)c1nnn(C)n1.CC(C)n1cccn1.CC(C)n1ccnn1.Cc1c(C(C)C)nnn1C.Cc1nnn(C(C)C)n1.Cc1nnn(C)c1C(C)C. The second-order valence-corrected chi connectivity index (χ2v) is 19.4. The van der Waals surface area contributed by atoms with Gasteiger partial charge in [0.2, 0.25) is 0 Å². The monoisotopic (exact) mass is 1180 g/mol. The fourth-order valence-corrected chi connectivity index (χ4v) is 6.03. The number of hydrogen-bond donors (Lipinski definition) is 0. The molecule has 0 aliphatic carbocycles. The maximum atomic E-state index is 4.05. The van der Waals surface area contributed by atoms with Gasteiger partial charge in [0.1, 0.15) is 0 Å². The molecule has 0 aromatic carbocycles. The van der Waals surface area contributed by atoms with Crippen LogP contribution < -0.4 is 0 Å². The minimum absolute atomic E-state index is 0.311. The number of aryl methyl sites for hydroxylation is 7. The molecule has 0 aliphatic heterocycles. The third-order valence-corrected chi connectivity index (χ3v) is 10.2. The predicted molar refractivity (Wildman–Crippen MR) is 351 cm³/mol. The van der Waals surface area contributed by atoms with Gasteiger partial charge in [0.15, 0.2) is 11.6 Å². The van der Waals surface area contributed by atoms with Crippen molar-refractivity contribution in [3.05, 3.63) is 101 Å². The van der Waals surface area contributed by atoms with Gasteiger partial charge in [-0.2, -0.15) is 24.9 Å². The van der Waals surface area contributed by atoms with E-state index < -0.39 is 0 Å². The van der Waals surface area contributed by atoms with Crippen molar-refractivity contribution in [3.8, 4) is 0 Å². The molecule has 0 atom stereocenters. The van der Waals surface area contributed by atoms with E-state index in [4.69, 9.17) is 0 Å². The molecule has 84 heavy (non-hydrogen) atoms. The second-order valence-electron chi connectivity index (χ2n) is 19.4. The molecule has 0 unspecified atom stereocenters. The van der Waals surface area contributed by atoms with E-state index in [1.807, 2.05) is 222 Å². The summed E-state index contributed by atoms with van der Waals surface area (Å²) in [6.45, 7) is 63.5. The summed E-state index contributed by atoms with van der Waals surface area (Å²) in [6.07, 6.45) is 13.1. The predicted octanol–water partition coefficient (Wildman–Crippen LogP) is 15.0. The summed E-state index contributed by atoms with van der Waals surface area (Å²) in [5.41, 5.74) is 7.11. The van der Waals surface area contributed by atoms with Crippen molar-refractivity contribution in [2.45, 2.75) is 262 Å². The van der Waals surface area contributed by atoms with Crippen molar-refractivity contribution >= 4 is 0 Å². The van der Waals surface area contributed by atoms with Crippen LogP contribution in [0.4, 0.5) is 0 Å². The van der Waals surface area contributed by atoms with Crippen LogP contribution in [-0.2, 0) is 35.2 Å². The summed E-state index contributed by atoms with van der Waals surface area (Å²) >= 11 is 0. The highest BCUT2D eigenvalue weighted by atomic mass is 15.6. The van der Waals surface area contributed by atoms with Gasteiger partial charge >= 0.3 is 0 Å². The normalized spacial score (nSPS) is 9.57. The quantitative estimate of drug-likeness (QED) is 0.138. The van der Waals surface area contributed by atoms with Crippen molar-refractivity contribution in [2.24, 2.45) is 35.2 Å². The Hall–Kier alpha value is -6.81. The third kappa shape index (κ3) is 39.6. The van der Waals surface area contributed by atoms with Gasteiger partial charge in [-0.3, -0.25) is 28.1 Å². The largest absolute Gasteiger partial charge is 0.276 e. The summed E-state index contributed by atoms with van der Waals surface area (Å²) in [7, 11) is 9.50. The molecule has 0 fully saturated rings. The summed E-state index contributed by atoms with van der Waals surface area (Å²) in [5, 5.41) is 58.4. The maximum Gasteiger partial charge on any atom is 0.177 e. The molecule has 23 nitrogen and oxygen atoms in total. The fraction of sp³-hybridized carbons (Fsp3) is 0.721. The van der Waals surface area contributed by atoms with Crippen LogP contribution >= 0.6 is 0 Å². The summed E-state index contributed by atoms with van der Waals surface area (Å²) in [5.74, 6) is 4.07. The smallest absolute Gasteiger partial charge is 0.177 e. The van der Waals surface area contributed by atoms with Gasteiger partial charge in [0, 0.05) is 82.9 Å². The van der Waals surface area contributed by atoms with Crippen molar-refractivity contribution in [2.75, 3.05) is 0 Å². The van der Waals surface area contributed by atoms with Crippen LogP contribution in [0.15, 0.2) is 55.5 Å². The lowest BCUT2D eigenvalue weighted by Crippen LogP contribution is -2.04. The standard InChI is InChI=1S/2C7H13N3.2C7H12N2.C6H10N2.2C5H10N4.C5H9N3.6C2H6/c1-5(2)7-6(3)10(4)9-8-7;1-5(2)7-6(3)8-9-10(7)4;1-6(2)7-4-8-9(3)5-7;1-6(2)7-4-5-8-9(7)3;1-6(2)8-5-3-4-7-8;1-4(2)5-6-8-9(3)7-5;1-4(2)9-7-5(3)6-8-9;1-5(2)8-4-3-6-7-8;6*1-2/h2*5H,1-4H3;2*4-6H,1-3H3;3-6H,1-2H3;2*4H,1-3H3;3-5H,1-2H3;6*1-2H3. The lowest BCUT2D eigenvalue weighted by molar-refractivity contribution is 0.454. The summed E-state index contributed by atoms with van der Waals surface area (Å²) in [4.78, 5) is 3.06. The van der Waals surface area contributed by atoms with E-state index in [1.165, 1.54) is 21.7 Å². The first-order chi connectivity index (χ1) is 39.7. The number of tetrazole rings is 2. The minimum Gasteiger partial charge on any atom is -0.276 e. The molecule has 8 rings (SSSR count). The zero-order valence-corrected chi connectivity index (χ0v) is 60.1. The van der Waals surface area contributed by atoms with Crippen molar-refractivity contribution in [1.29, 1.82) is 0 Å². The second kappa shape index (κ2) is 54.1. The molecule has 0 amide bonds. The average Bonchev–Trinajstić information content (AvgIpc) is 4.38. The molecule has 0 aliphatic rings. The van der Waals surface area contributed by atoms with Gasteiger partial charge in [-0.15, -0.1) is 35.7 Å². The molecule has 8 aromatic rings. The zero-order chi connectivity index (χ0) is 66.8. The maximum absolute atomic E-state index is 4.05. The van der Waals surface area contributed by atoms with Crippen molar-refractivity contribution < 1.29 is 0 Å². The third-order valence-electron chi connectivity index (χ3n) is 10.2. The lowest BCUT2D eigenvalue weighted by Gasteiger charge is -2.03. The highest BCUT2D eigenvalue weighted by Gasteiger charge is 2.10. The molecule has 0 saturated carbocycles. The molecule has 8 heterocycles. The molecule has 0 bridgehead atoms. The highest BCUT2D eigenvalue weighted by molar-refractivity contribution is 5.12. The Morgan fingerprint density at radius 3 is 1.17 bits per heavy atom. The molecular weight excluding hydrogens is 1050 g/mol. The molecule has 0 spiro atoms. The van der Waals surface area contributed by atoms with E-state index in [-0.39, 0.29) is 0 Å². The van der Waals surface area contributed by atoms with Crippen molar-refractivity contribution in [1.82, 2.24) is 115 Å². The molecule has 8 aromatic heterocycles. The van der Waals surface area contributed by atoms with Crippen molar-refractivity contribution in [3.63, 3.8) is 0 Å². The van der Waals surface area contributed by atoms with Crippen LogP contribution in [-0.4, -0.2) is 115 Å². The first-order valence-electron chi connectivity index (χ1n) is 30.7. The van der Waals surface area contributed by atoms with Crippen LogP contribution in [0.1, 0.15) is 287 Å². The lowest BCUT2D eigenvalue weighted by atomic mass is 10.1. The molecule has 0 N–H and O–H groups in total. The van der Waals surface area contributed by atoms with E-state index in [0.29, 0.717) is 47.7 Å². The fourth-order valence-electron chi connectivity index (χ4n) is 6.03. The van der Waals surface area contributed by atoms with Gasteiger partial charge < -0.3 is 0 Å². The van der Waals surface area contributed by atoms with E-state index in [0.717, 1.165) is 28.7 Å². The van der Waals surface area contributed by atoms with Crippen LogP contribution in [0.2, 0.25) is 0 Å². The Kier molecular flexibility index (Phi) is 57.0. The topological polar surface area (TPSA) is 233 Å². The van der Waals surface area contributed by atoms with Gasteiger partial charge in [0.25, 0.3) is 0 Å². The Bertz CT molecular complexity index is 2400. The van der Waals surface area contributed by atoms with E-state index in [9.17, 15) is 0 Å². The first-order valence-corrected chi connectivity index (χ1v) is 30.7. The number of nitrogens with zero attached hydrogens (tertiary/aromatic N) is 23. The molecule has 0 saturated heterocycles. The van der Waals surface area contributed by atoms with Crippen LogP contribution in [0, 0.1) is 20.8 Å². The van der Waals surface area contributed by atoms with E-state index in [2.05, 4.69) is 160 Å². The van der Waals surface area contributed by atoms with E-state index >= 15 is 0 Å². The number of rotatable bonds is 8. The van der Waals surface area contributed by atoms with Gasteiger partial charge in [0.05, 0.1) is 48.3 Å². The Balaban J connectivity index is -0.000000202. The molecular formula is C61H125N23. The molecule has 484 valence electrons. The van der Waals surface area contributed by atoms with Crippen LogP contribution in [0.5, 0.6) is 0 Å². The molecule has 0 radical (unpaired) electrons.